The highest BCUT2D eigenvalue weighted by Crippen LogP contribution is 2.20. The van der Waals surface area contributed by atoms with Gasteiger partial charge in [-0.1, -0.05) is 0 Å². The van der Waals surface area contributed by atoms with E-state index in [0.717, 1.165) is 6.26 Å². The summed E-state index contributed by atoms with van der Waals surface area (Å²) in [5, 5.41) is 1.83. The molecule has 0 aromatic heterocycles. The molecular formula is C9H5BrF2O2S. The molecule has 2 nitrogen and oxygen atoms in total. The monoisotopic (exact) mass is 294 g/mol. The minimum absolute atomic E-state index is 0.0371. The second-order valence-corrected chi connectivity index (χ2v) is 5.32. The Morgan fingerprint density at radius 3 is 2.40 bits per heavy atom. The molecule has 0 fully saturated rings. The maximum atomic E-state index is 13.1. The molecule has 0 saturated carbocycles. The SMILES string of the molecule is CS(=O)(=O)C#Cc1ccc(Br)c(F)c1F. The van der Waals surface area contributed by atoms with Crippen molar-refractivity contribution < 1.29 is 17.2 Å². The average molecular weight is 295 g/mol. The van der Waals surface area contributed by atoms with Gasteiger partial charge in [0.1, 0.15) is 0 Å². The van der Waals surface area contributed by atoms with Crippen LogP contribution in [0.15, 0.2) is 16.6 Å². The van der Waals surface area contributed by atoms with E-state index >= 15 is 0 Å². The summed E-state index contributed by atoms with van der Waals surface area (Å²) >= 11 is 2.79. The van der Waals surface area contributed by atoms with Crippen molar-refractivity contribution in [2.24, 2.45) is 0 Å². The van der Waals surface area contributed by atoms with E-state index in [9.17, 15) is 17.2 Å². The van der Waals surface area contributed by atoms with E-state index in [0.29, 0.717) is 0 Å². The Kier molecular flexibility index (Phi) is 3.47. The number of benzene rings is 1. The van der Waals surface area contributed by atoms with Crippen LogP contribution in [0, 0.1) is 22.8 Å². The molecule has 1 rings (SSSR count). The number of hydrogen-bond acceptors (Lipinski definition) is 2. The highest BCUT2D eigenvalue weighted by Gasteiger charge is 2.10. The molecule has 0 radical (unpaired) electrons. The first kappa shape index (κ1) is 12.1. The number of hydrogen-bond donors (Lipinski definition) is 0. The van der Waals surface area contributed by atoms with Gasteiger partial charge >= 0.3 is 0 Å². The molecule has 0 aliphatic carbocycles. The van der Waals surface area contributed by atoms with E-state index in [1.165, 1.54) is 12.1 Å². The third-order valence-electron chi connectivity index (χ3n) is 1.41. The van der Waals surface area contributed by atoms with Crippen LogP contribution >= 0.6 is 15.9 Å². The van der Waals surface area contributed by atoms with Gasteiger partial charge in [0.15, 0.2) is 11.6 Å². The van der Waals surface area contributed by atoms with E-state index in [-0.39, 0.29) is 10.0 Å². The van der Waals surface area contributed by atoms with Gasteiger partial charge in [-0.15, -0.1) is 0 Å². The molecule has 0 saturated heterocycles. The zero-order valence-electron chi connectivity index (χ0n) is 7.51. The summed E-state index contributed by atoms with van der Waals surface area (Å²) in [7, 11) is -3.52. The van der Waals surface area contributed by atoms with Gasteiger partial charge in [0.2, 0.25) is 9.84 Å². The first-order chi connectivity index (χ1) is 6.81. The van der Waals surface area contributed by atoms with Crippen LogP contribution in [-0.4, -0.2) is 14.7 Å². The van der Waals surface area contributed by atoms with Crippen molar-refractivity contribution in [3.8, 4) is 11.2 Å². The Morgan fingerprint density at radius 1 is 1.27 bits per heavy atom. The van der Waals surface area contributed by atoms with Crippen LogP contribution in [0.2, 0.25) is 0 Å². The third-order valence-corrected chi connectivity index (χ3v) is 2.49. The second kappa shape index (κ2) is 4.29. The van der Waals surface area contributed by atoms with E-state index in [1.807, 2.05) is 11.2 Å². The fraction of sp³-hybridized carbons (Fsp3) is 0.111. The van der Waals surface area contributed by atoms with Gasteiger partial charge in [0, 0.05) is 5.25 Å². The molecule has 0 atom stereocenters. The summed E-state index contributed by atoms with van der Waals surface area (Å²) in [4.78, 5) is 0. The molecule has 0 amide bonds. The normalized spacial score (nSPS) is 10.7. The highest BCUT2D eigenvalue weighted by atomic mass is 79.9. The molecule has 80 valence electrons. The van der Waals surface area contributed by atoms with Crippen molar-refractivity contribution in [2.45, 2.75) is 0 Å². The Labute approximate surface area is 94.3 Å². The number of rotatable bonds is 0. The van der Waals surface area contributed by atoms with Crippen molar-refractivity contribution in [1.29, 1.82) is 0 Å². The summed E-state index contributed by atoms with van der Waals surface area (Å²) in [5.41, 5.74) is -0.291. The summed E-state index contributed by atoms with van der Waals surface area (Å²) in [6.45, 7) is 0. The Balaban J connectivity index is 3.29. The van der Waals surface area contributed by atoms with E-state index < -0.39 is 21.5 Å². The van der Waals surface area contributed by atoms with Gasteiger partial charge in [-0.05, 0) is 34.0 Å². The predicted octanol–water partition coefficient (Wildman–Crippen LogP) is 2.08. The predicted molar refractivity (Wildman–Crippen MR) is 55.8 cm³/mol. The third kappa shape index (κ3) is 3.29. The smallest absolute Gasteiger partial charge is 0.214 e. The minimum Gasteiger partial charge on any atom is -0.216 e. The summed E-state index contributed by atoms with van der Waals surface area (Å²) in [6, 6.07) is 2.45. The van der Waals surface area contributed by atoms with Gasteiger partial charge in [0.25, 0.3) is 0 Å². The fourth-order valence-corrected chi connectivity index (χ4v) is 1.37. The van der Waals surface area contributed by atoms with E-state index in [2.05, 4.69) is 15.9 Å². The van der Waals surface area contributed by atoms with Crippen LogP contribution in [0.25, 0.3) is 0 Å². The molecule has 6 heteroatoms. The standard InChI is InChI=1S/C9H5BrF2O2S/c1-15(13,14)5-4-6-2-3-7(10)9(12)8(6)11/h2-3H,1H3. The van der Waals surface area contributed by atoms with E-state index in [4.69, 9.17) is 0 Å². The van der Waals surface area contributed by atoms with Crippen LogP contribution in [-0.2, 0) is 9.84 Å². The van der Waals surface area contributed by atoms with Crippen LogP contribution in [0.3, 0.4) is 0 Å². The van der Waals surface area contributed by atoms with Crippen LogP contribution < -0.4 is 0 Å². The largest absolute Gasteiger partial charge is 0.216 e. The Morgan fingerprint density at radius 2 is 1.87 bits per heavy atom. The van der Waals surface area contributed by atoms with Crippen LogP contribution in [0.5, 0.6) is 0 Å². The van der Waals surface area contributed by atoms with Crippen LogP contribution in [0.1, 0.15) is 5.56 Å². The molecular weight excluding hydrogens is 290 g/mol. The lowest BCUT2D eigenvalue weighted by atomic mass is 10.2. The summed E-state index contributed by atoms with van der Waals surface area (Å²) < 4.78 is 47.4. The van der Waals surface area contributed by atoms with Gasteiger partial charge in [-0.25, -0.2) is 17.2 Å². The van der Waals surface area contributed by atoms with Gasteiger partial charge in [0.05, 0.1) is 16.3 Å². The molecule has 0 heterocycles. The Hall–Kier alpha value is -0.930. The first-order valence-electron chi connectivity index (χ1n) is 3.67. The van der Waals surface area contributed by atoms with Crippen molar-refractivity contribution in [1.82, 2.24) is 0 Å². The highest BCUT2D eigenvalue weighted by molar-refractivity contribution is 9.10. The molecule has 0 aliphatic rings. The molecule has 1 aromatic rings. The van der Waals surface area contributed by atoms with Gasteiger partial charge < -0.3 is 0 Å². The quantitative estimate of drug-likeness (QED) is 0.542. The lowest BCUT2D eigenvalue weighted by Gasteiger charge is -1.97. The van der Waals surface area contributed by atoms with Crippen molar-refractivity contribution in [2.75, 3.05) is 6.26 Å². The molecule has 0 aliphatic heterocycles. The van der Waals surface area contributed by atoms with Crippen molar-refractivity contribution in [3.63, 3.8) is 0 Å². The summed E-state index contributed by atoms with van der Waals surface area (Å²) in [5.74, 6) is -0.207. The Bertz CT molecular complexity index is 555. The fourth-order valence-electron chi connectivity index (χ4n) is 0.770. The van der Waals surface area contributed by atoms with Crippen molar-refractivity contribution >= 4 is 25.8 Å². The van der Waals surface area contributed by atoms with Gasteiger partial charge in [-0.2, -0.15) is 0 Å². The zero-order chi connectivity index (χ0) is 11.6. The second-order valence-electron chi connectivity index (χ2n) is 2.72. The van der Waals surface area contributed by atoms with Crippen LogP contribution in [0.4, 0.5) is 8.78 Å². The number of halogens is 3. The molecule has 0 spiro atoms. The molecule has 0 N–H and O–H groups in total. The molecule has 1 aromatic carbocycles. The lowest BCUT2D eigenvalue weighted by Crippen LogP contribution is -1.93. The maximum Gasteiger partial charge on any atom is 0.214 e. The topological polar surface area (TPSA) is 34.1 Å². The minimum atomic E-state index is -3.52. The summed E-state index contributed by atoms with van der Waals surface area (Å²) in [6.07, 6.45) is 0.882. The molecule has 0 bridgehead atoms. The molecule has 15 heavy (non-hydrogen) atoms. The van der Waals surface area contributed by atoms with Gasteiger partial charge in [-0.3, -0.25) is 0 Å². The van der Waals surface area contributed by atoms with E-state index in [1.54, 1.807) is 0 Å². The maximum absolute atomic E-state index is 13.1. The first-order valence-corrected chi connectivity index (χ1v) is 6.36. The lowest BCUT2D eigenvalue weighted by molar-refractivity contribution is 0.502. The average Bonchev–Trinajstić information content (AvgIpc) is 2.12. The van der Waals surface area contributed by atoms with Crippen molar-refractivity contribution in [3.05, 3.63) is 33.8 Å². The zero-order valence-corrected chi connectivity index (χ0v) is 9.92. The molecule has 0 unspecified atom stereocenters. The number of sulfone groups is 1.